The Morgan fingerprint density at radius 2 is 2.27 bits per heavy atom. The van der Waals surface area contributed by atoms with Gasteiger partial charge in [0.05, 0.1) is 0 Å². The quantitative estimate of drug-likeness (QED) is 0.794. The fraction of sp³-hybridized carbons (Fsp3) is 0.500. The molecule has 82 valence electrons. The Labute approximate surface area is 90.7 Å². The van der Waals surface area contributed by atoms with Crippen molar-refractivity contribution in [1.82, 2.24) is 4.98 Å². The van der Waals surface area contributed by atoms with E-state index in [0.717, 1.165) is 12.1 Å². The summed E-state index contributed by atoms with van der Waals surface area (Å²) in [5.74, 6) is 0.154. The monoisotopic (exact) mass is 206 g/mol. The Hall–Kier alpha value is -1.22. The smallest absolute Gasteiger partial charge is 0.140 e. The first-order chi connectivity index (χ1) is 7.11. The summed E-state index contributed by atoms with van der Waals surface area (Å²) < 4.78 is 0. The molecule has 0 aliphatic rings. The molecule has 0 spiro atoms. The van der Waals surface area contributed by atoms with Crippen molar-refractivity contribution in [2.75, 3.05) is 0 Å². The van der Waals surface area contributed by atoms with Crippen LogP contribution in [0, 0.1) is 0 Å². The number of rotatable bonds is 5. The van der Waals surface area contributed by atoms with Gasteiger partial charge < -0.3 is 5.73 Å². The van der Waals surface area contributed by atoms with Gasteiger partial charge in [0.25, 0.3) is 0 Å². The summed E-state index contributed by atoms with van der Waals surface area (Å²) >= 11 is 0. The van der Waals surface area contributed by atoms with Gasteiger partial charge in [0, 0.05) is 30.8 Å². The number of hydrogen-bond acceptors (Lipinski definition) is 3. The predicted octanol–water partition coefficient (Wildman–Crippen LogP) is 1.49. The molecule has 15 heavy (non-hydrogen) atoms. The molecule has 0 saturated heterocycles. The van der Waals surface area contributed by atoms with Crippen LogP contribution in [0.25, 0.3) is 0 Å². The molecule has 0 fully saturated rings. The number of Topliss-reactive ketones (excluding diaryl/α,β-unsaturated/α-hetero) is 1. The van der Waals surface area contributed by atoms with Crippen molar-refractivity contribution >= 4 is 5.78 Å². The van der Waals surface area contributed by atoms with Crippen molar-refractivity contribution in [3.63, 3.8) is 0 Å². The van der Waals surface area contributed by atoms with Crippen LogP contribution < -0.4 is 5.73 Å². The van der Waals surface area contributed by atoms with Gasteiger partial charge in [0.1, 0.15) is 5.78 Å². The lowest BCUT2D eigenvalue weighted by molar-refractivity contribution is -0.118. The lowest BCUT2D eigenvalue weighted by Gasteiger charge is -2.04. The van der Waals surface area contributed by atoms with E-state index < -0.39 is 0 Å². The number of aryl methyl sites for hydroxylation is 1. The molecule has 0 bridgehead atoms. The van der Waals surface area contributed by atoms with Crippen molar-refractivity contribution in [2.45, 2.75) is 39.2 Å². The fourth-order valence-electron chi connectivity index (χ4n) is 1.40. The normalized spacial score (nSPS) is 12.5. The SMILES string of the molecule is CCc1ccc(CC(=O)CC(C)N)nc1. The average molecular weight is 206 g/mol. The minimum atomic E-state index is -0.0626. The minimum absolute atomic E-state index is 0.0626. The summed E-state index contributed by atoms with van der Waals surface area (Å²) in [6.07, 6.45) is 3.62. The first-order valence-corrected chi connectivity index (χ1v) is 5.33. The molecule has 1 unspecified atom stereocenters. The molecule has 0 amide bonds. The second-order valence-corrected chi connectivity index (χ2v) is 3.91. The van der Waals surface area contributed by atoms with E-state index in [2.05, 4.69) is 11.9 Å². The number of pyridine rings is 1. The molecular formula is C12H18N2O. The zero-order valence-electron chi connectivity index (χ0n) is 9.36. The van der Waals surface area contributed by atoms with Crippen molar-refractivity contribution in [2.24, 2.45) is 5.73 Å². The molecule has 0 aliphatic heterocycles. The first kappa shape index (κ1) is 11.9. The van der Waals surface area contributed by atoms with Gasteiger partial charge >= 0.3 is 0 Å². The van der Waals surface area contributed by atoms with Crippen LogP contribution in [-0.2, 0) is 17.6 Å². The molecule has 0 radical (unpaired) electrons. The lowest BCUT2D eigenvalue weighted by Crippen LogP contribution is -2.20. The minimum Gasteiger partial charge on any atom is -0.328 e. The predicted molar refractivity (Wildman–Crippen MR) is 60.6 cm³/mol. The summed E-state index contributed by atoms with van der Waals surface area (Å²) in [4.78, 5) is 15.7. The zero-order chi connectivity index (χ0) is 11.3. The number of hydrogen-bond donors (Lipinski definition) is 1. The average Bonchev–Trinajstić information content (AvgIpc) is 2.17. The van der Waals surface area contributed by atoms with Crippen LogP contribution in [0.5, 0.6) is 0 Å². The van der Waals surface area contributed by atoms with Gasteiger partial charge in [0.15, 0.2) is 0 Å². The van der Waals surface area contributed by atoms with Crippen LogP contribution in [0.4, 0.5) is 0 Å². The standard InChI is InChI=1S/C12H18N2O/c1-3-10-4-5-11(14-8-10)7-12(15)6-9(2)13/h4-5,8-9H,3,6-7,13H2,1-2H3. The van der Waals surface area contributed by atoms with Crippen LogP contribution in [0.15, 0.2) is 18.3 Å². The number of ketones is 1. The van der Waals surface area contributed by atoms with E-state index >= 15 is 0 Å². The number of carbonyl (C=O) groups is 1. The Morgan fingerprint density at radius 3 is 2.73 bits per heavy atom. The summed E-state index contributed by atoms with van der Waals surface area (Å²) in [6.45, 7) is 3.92. The number of aromatic nitrogens is 1. The Balaban J connectivity index is 2.53. The van der Waals surface area contributed by atoms with E-state index in [-0.39, 0.29) is 11.8 Å². The number of nitrogens with zero attached hydrogens (tertiary/aromatic N) is 1. The van der Waals surface area contributed by atoms with Crippen LogP contribution in [0.2, 0.25) is 0 Å². The maximum Gasteiger partial charge on any atom is 0.140 e. The Morgan fingerprint density at radius 1 is 1.53 bits per heavy atom. The molecule has 1 heterocycles. The molecule has 2 N–H and O–H groups in total. The van der Waals surface area contributed by atoms with Gasteiger partial charge in [-0.15, -0.1) is 0 Å². The van der Waals surface area contributed by atoms with Crippen LogP contribution >= 0.6 is 0 Å². The Bertz CT molecular complexity index is 317. The topological polar surface area (TPSA) is 56.0 Å². The molecule has 0 saturated carbocycles. The van der Waals surface area contributed by atoms with E-state index in [4.69, 9.17) is 5.73 Å². The van der Waals surface area contributed by atoms with Gasteiger partial charge in [-0.3, -0.25) is 9.78 Å². The summed E-state index contributed by atoms with van der Waals surface area (Å²) in [5, 5.41) is 0. The third-order valence-corrected chi connectivity index (χ3v) is 2.22. The van der Waals surface area contributed by atoms with Crippen LogP contribution in [0.1, 0.15) is 31.5 Å². The summed E-state index contributed by atoms with van der Waals surface area (Å²) in [5.41, 5.74) is 7.58. The van der Waals surface area contributed by atoms with E-state index in [0.29, 0.717) is 12.8 Å². The molecule has 1 atom stereocenters. The second-order valence-electron chi connectivity index (χ2n) is 3.91. The van der Waals surface area contributed by atoms with Gasteiger partial charge in [0.2, 0.25) is 0 Å². The molecule has 1 rings (SSSR count). The largest absolute Gasteiger partial charge is 0.328 e. The highest BCUT2D eigenvalue weighted by molar-refractivity contribution is 5.80. The van der Waals surface area contributed by atoms with Gasteiger partial charge in [-0.2, -0.15) is 0 Å². The zero-order valence-corrected chi connectivity index (χ0v) is 9.36. The first-order valence-electron chi connectivity index (χ1n) is 5.33. The Kier molecular flexibility index (Phi) is 4.43. The van der Waals surface area contributed by atoms with Crippen LogP contribution in [-0.4, -0.2) is 16.8 Å². The molecular weight excluding hydrogens is 188 g/mol. The van der Waals surface area contributed by atoms with Gasteiger partial charge in [-0.25, -0.2) is 0 Å². The fourth-order valence-corrected chi connectivity index (χ4v) is 1.40. The second kappa shape index (κ2) is 5.61. The van der Waals surface area contributed by atoms with E-state index in [1.165, 1.54) is 5.56 Å². The van der Waals surface area contributed by atoms with Gasteiger partial charge in [-0.1, -0.05) is 13.0 Å². The maximum absolute atomic E-state index is 11.5. The van der Waals surface area contributed by atoms with E-state index in [9.17, 15) is 4.79 Å². The number of carbonyl (C=O) groups excluding carboxylic acids is 1. The van der Waals surface area contributed by atoms with E-state index in [1.54, 1.807) is 0 Å². The summed E-state index contributed by atoms with van der Waals surface area (Å²) in [6, 6.07) is 3.87. The highest BCUT2D eigenvalue weighted by Crippen LogP contribution is 2.03. The third kappa shape index (κ3) is 4.21. The lowest BCUT2D eigenvalue weighted by atomic mass is 10.1. The molecule has 0 aromatic carbocycles. The maximum atomic E-state index is 11.5. The van der Waals surface area contributed by atoms with Gasteiger partial charge in [-0.05, 0) is 25.0 Å². The number of nitrogens with two attached hydrogens (primary N) is 1. The van der Waals surface area contributed by atoms with Crippen molar-refractivity contribution < 1.29 is 4.79 Å². The molecule has 3 nitrogen and oxygen atoms in total. The van der Waals surface area contributed by atoms with Crippen molar-refractivity contribution in [3.05, 3.63) is 29.6 Å². The molecule has 3 heteroatoms. The van der Waals surface area contributed by atoms with Crippen molar-refractivity contribution in [3.8, 4) is 0 Å². The molecule has 1 aromatic rings. The molecule has 1 aromatic heterocycles. The van der Waals surface area contributed by atoms with E-state index in [1.807, 2.05) is 25.3 Å². The highest BCUT2D eigenvalue weighted by atomic mass is 16.1. The van der Waals surface area contributed by atoms with Crippen molar-refractivity contribution in [1.29, 1.82) is 0 Å². The van der Waals surface area contributed by atoms with Crippen LogP contribution in [0.3, 0.4) is 0 Å². The third-order valence-electron chi connectivity index (χ3n) is 2.22. The molecule has 0 aliphatic carbocycles. The summed E-state index contributed by atoms with van der Waals surface area (Å²) in [7, 11) is 0. The highest BCUT2D eigenvalue weighted by Gasteiger charge is 2.07.